The van der Waals surface area contributed by atoms with Crippen molar-refractivity contribution in [2.75, 3.05) is 12.0 Å². The Morgan fingerprint density at radius 2 is 1.91 bits per heavy atom. The summed E-state index contributed by atoms with van der Waals surface area (Å²) in [7, 11) is 0. The fraction of sp³-hybridized carbons (Fsp3) is 0.346. The van der Waals surface area contributed by atoms with Crippen molar-refractivity contribution in [1.82, 2.24) is 5.32 Å². The number of alkyl carbamates (subject to hydrolysis) is 1. The van der Waals surface area contributed by atoms with E-state index in [4.69, 9.17) is 13.9 Å². The first-order valence-electron chi connectivity index (χ1n) is 11.2. The molecular formula is C26H29NO6S. The Labute approximate surface area is 202 Å². The number of rotatable bonds is 10. The minimum absolute atomic E-state index is 0.0961. The normalized spacial score (nSPS) is 11.7. The molecule has 0 saturated heterocycles. The van der Waals surface area contributed by atoms with Crippen molar-refractivity contribution < 1.29 is 23.5 Å². The number of amides is 1. The van der Waals surface area contributed by atoms with Crippen LogP contribution in [0.15, 0.2) is 57.7 Å². The number of fused-ring (bicyclic) bond motifs is 1. The van der Waals surface area contributed by atoms with Gasteiger partial charge >= 0.3 is 17.7 Å². The molecule has 0 aliphatic rings. The average Bonchev–Trinajstić information content (AvgIpc) is 2.80. The number of aryl methyl sites for hydroxylation is 2. The van der Waals surface area contributed by atoms with Crippen molar-refractivity contribution in [3.8, 4) is 5.75 Å². The van der Waals surface area contributed by atoms with E-state index in [-0.39, 0.29) is 6.61 Å². The Morgan fingerprint density at radius 1 is 1.15 bits per heavy atom. The van der Waals surface area contributed by atoms with Gasteiger partial charge in [-0.25, -0.2) is 14.4 Å². The van der Waals surface area contributed by atoms with Crippen molar-refractivity contribution in [3.05, 3.63) is 75.6 Å². The van der Waals surface area contributed by atoms with E-state index in [1.54, 1.807) is 23.9 Å². The van der Waals surface area contributed by atoms with Crippen LogP contribution in [-0.4, -0.2) is 30.1 Å². The summed E-state index contributed by atoms with van der Waals surface area (Å²) in [5.74, 6) is 0.343. The summed E-state index contributed by atoms with van der Waals surface area (Å²) < 4.78 is 16.4. The minimum atomic E-state index is -0.892. The van der Waals surface area contributed by atoms with Crippen LogP contribution in [0.4, 0.5) is 4.79 Å². The van der Waals surface area contributed by atoms with Crippen LogP contribution in [0.2, 0.25) is 0 Å². The molecule has 8 heteroatoms. The van der Waals surface area contributed by atoms with Gasteiger partial charge in [-0.15, -0.1) is 0 Å². The van der Waals surface area contributed by atoms with Gasteiger partial charge in [-0.1, -0.05) is 43.7 Å². The fourth-order valence-corrected chi connectivity index (χ4v) is 4.06. The molecule has 0 radical (unpaired) electrons. The van der Waals surface area contributed by atoms with Gasteiger partial charge in [0.05, 0.1) is 5.39 Å². The van der Waals surface area contributed by atoms with E-state index < -0.39 is 23.7 Å². The lowest BCUT2D eigenvalue weighted by molar-refractivity contribution is -0.136. The third-order valence-corrected chi connectivity index (χ3v) is 5.81. The molecule has 1 heterocycles. The highest BCUT2D eigenvalue weighted by molar-refractivity contribution is 7.98. The van der Waals surface area contributed by atoms with Gasteiger partial charge in [-0.05, 0) is 60.6 Å². The van der Waals surface area contributed by atoms with Crippen molar-refractivity contribution in [3.63, 3.8) is 0 Å². The van der Waals surface area contributed by atoms with E-state index >= 15 is 0 Å². The minimum Gasteiger partial charge on any atom is -0.445 e. The van der Waals surface area contributed by atoms with E-state index in [2.05, 4.69) is 5.32 Å². The molecule has 0 saturated carbocycles. The maximum Gasteiger partial charge on any atom is 0.408 e. The number of esters is 1. The molecule has 1 aromatic heterocycles. The average molecular weight is 484 g/mol. The van der Waals surface area contributed by atoms with Crippen molar-refractivity contribution in [2.24, 2.45) is 0 Å². The molecule has 0 spiro atoms. The second kappa shape index (κ2) is 12.3. The van der Waals surface area contributed by atoms with Gasteiger partial charge in [-0.2, -0.15) is 11.8 Å². The van der Waals surface area contributed by atoms with Gasteiger partial charge in [-0.3, -0.25) is 0 Å². The molecule has 0 bridgehead atoms. The maximum absolute atomic E-state index is 13.1. The monoisotopic (exact) mass is 483 g/mol. The van der Waals surface area contributed by atoms with Gasteiger partial charge in [0.1, 0.15) is 24.0 Å². The summed E-state index contributed by atoms with van der Waals surface area (Å²) in [5.41, 5.74) is 2.31. The Morgan fingerprint density at radius 3 is 2.62 bits per heavy atom. The number of benzene rings is 2. The largest absolute Gasteiger partial charge is 0.445 e. The third-order valence-electron chi connectivity index (χ3n) is 5.16. The zero-order valence-corrected chi connectivity index (χ0v) is 20.4. The quantitative estimate of drug-likeness (QED) is 0.246. The Bertz CT molecular complexity index is 1190. The molecule has 180 valence electrons. The number of hydrogen-bond donors (Lipinski definition) is 1. The SMILES string of the molecule is CCCc1cc(=O)oc2cc(C)cc(OC(=O)C(CCSC)NC(=O)OCc3ccccc3)c12. The number of ether oxygens (including phenoxy) is 2. The summed E-state index contributed by atoms with van der Waals surface area (Å²) in [6, 6.07) is 13.3. The number of thioether (sulfide) groups is 1. The van der Waals surface area contributed by atoms with Crippen LogP contribution in [0.3, 0.4) is 0 Å². The van der Waals surface area contributed by atoms with Crippen molar-refractivity contribution in [1.29, 1.82) is 0 Å². The molecule has 34 heavy (non-hydrogen) atoms. The molecule has 3 aromatic rings. The van der Waals surface area contributed by atoms with Gasteiger partial charge in [0.15, 0.2) is 0 Å². The molecule has 7 nitrogen and oxygen atoms in total. The van der Waals surface area contributed by atoms with Crippen LogP contribution in [0.5, 0.6) is 5.75 Å². The van der Waals surface area contributed by atoms with Crippen LogP contribution >= 0.6 is 11.8 Å². The number of carbonyl (C=O) groups is 2. The first-order valence-corrected chi connectivity index (χ1v) is 12.6. The second-order valence-corrected chi connectivity index (χ2v) is 8.92. The summed E-state index contributed by atoms with van der Waals surface area (Å²) >= 11 is 1.56. The summed E-state index contributed by atoms with van der Waals surface area (Å²) in [5, 5.41) is 3.22. The fourth-order valence-electron chi connectivity index (χ4n) is 3.59. The topological polar surface area (TPSA) is 94.8 Å². The highest BCUT2D eigenvalue weighted by Crippen LogP contribution is 2.31. The molecular weight excluding hydrogens is 454 g/mol. The highest BCUT2D eigenvalue weighted by Gasteiger charge is 2.25. The molecule has 1 amide bonds. The lowest BCUT2D eigenvalue weighted by atomic mass is 10.0. The van der Waals surface area contributed by atoms with E-state index in [0.29, 0.717) is 35.3 Å². The second-order valence-electron chi connectivity index (χ2n) is 7.94. The number of hydrogen-bond acceptors (Lipinski definition) is 7. The van der Waals surface area contributed by atoms with E-state index in [1.165, 1.54) is 6.07 Å². The van der Waals surface area contributed by atoms with E-state index in [0.717, 1.165) is 23.1 Å². The van der Waals surface area contributed by atoms with Crippen LogP contribution in [-0.2, 0) is 22.6 Å². The Balaban J connectivity index is 1.80. The molecule has 3 rings (SSSR count). The molecule has 0 fully saturated rings. The van der Waals surface area contributed by atoms with E-state index in [1.807, 2.05) is 50.4 Å². The Hall–Kier alpha value is -3.26. The van der Waals surface area contributed by atoms with Crippen molar-refractivity contribution in [2.45, 2.75) is 45.8 Å². The predicted molar refractivity (Wildman–Crippen MR) is 133 cm³/mol. The Kier molecular flexibility index (Phi) is 9.16. The molecule has 0 aliphatic carbocycles. The third kappa shape index (κ3) is 6.87. The van der Waals surface area contributed by atoms with Crippen LogP contribution in [0.1, 0.15) is 36.5 Å². The maximum atomic E-state index is 13.1. The van der Waals surface area contributed by atoms with Gasteiger partial charge < -0.3 is 19.2 Å². The van der Waals surface area contributed by atoms with Crippen LogP contribution in [0.25, 0.3) is 11.0 Å². The summed E-state index contributed by atoms with van der Waals surface area (Å²) in [4.78, 5) is 37.5. The standard InChI is InChI=1S/C26H29NO6S/c1-4-8-19-15-23(28)32-21-13-17(2)14-22(24(19)21)33-25(29)20(11-12-34-3)27-26(30)31-16-18-9-6-5-7-10-18/h5-7,9-10,13-15,20H,4,8,11-12,16H2,1-3H3,(H,27,30). The predicted octanol–water partition coefficient (Wildman–Crippen LogP) is 5.01. The highest BCUT2D eigenvalue weighted by atomic mass is 32.2. The van der Waals surface area contributed by atoms with Gasteiger partial charge in [0.2, 0.25) is 0 Å². The first-order chi connectivity index (χ1) is 16.4. The van der Waals surface area contributed by atoms with Crippen LogP contribution in [0, 0.1) is 6.92 Å². The van der Waals surface area contributed by atoms with Gasteiger partial charge in [0, 0.05) is 6.07 Å². The zero-order chi connectivity index (χ0) is 24.5. The van der Waals surface area contributed by atoms with Crippen molar-refractivity contribution >= 4 is 34.8 Å². The number of carbonyl (C=O) groups excluding carboxylic acids is 2. The number of nitrogens with one attached hydrogen (secondary N) is 1. The molecule has 1 atom stereocenters. The summed E-state index contributed by atoms with van der Waals surface area (Å²) in [6.45, 7) is 3.93. The lowest BCUT2D eigenvalue weighted by Crippen LogP contribution is -2.43. The molecule has 1 unspecified atom stereocenters. The molecule has 0 aliphatic heterocycles. The zero-order valence-electron chi connectivity index (χ0n) is 19.6. The molecule has 1 N–H and O–H groups in total. The smallest absolute Gasteiger partial charge is 0.408 e. The molecule has 2 aromatic carbocycles. The lowest BCUT2D eigenvalue weighted by Gasteiger charge is -2.18. The van der Waals surface area contributed by atoms with E-state index in [9.17, 15) is 14.4 Å². The van der Waals surface area contributed by atoms with Gasteiger partial charge in [0.25, 0.3) is 0 Å². The first kappa shape index (κ1) is 25.4. The summed E-state index contributed by atoms with van der Waals surface area (Å²) in [6.07, 6.45) is 3.05. The van der Waals surface area contributed by atoms with Crippen LogP contribution < -0.4 is 15.7 Å².